The van der Waals surface area contributed by atoms with Crippen molar-refractivity contribution in [2.45, 2.75) is 70.1 Å². The van der Waals surface area contributed by atoms with Crippen LogP contribution in [0.2, 0.25) is 0 Å². The Morgan fingerprint density at radius 1 is 1.42 bits per heavy atom. The van der Waals surface area contributed by atoms with E-state index < -0.39 is 0 Å². The first-order valence-electron chi connectivity index (χ1n) is 9.70. The van der Waals surface area contributed by atoms with E-state index in [2.05, 4.69) is 12.2 Å². The standard InChI is InChI=1S/C19H31NO4/c1-3-12(10-21)20-9-14-13-7-16-18(2,8-15(13)24-17(14)22)5-4-6-19(16)11-23-19/h12-16,20-21H,3-11H2,1-2H3. The number of epoxide rings is 1. The molecule has 0 aromatic rings. The van der Waals surface area contributed by atoms with Crippen molar-refractivity contribution in [3.05, 3.63) is 0 Å². The maximum absolute atomic E-state index is 12.5. The predicted molar refractivity (Wildman–Crippen MR) is 89.4 cm³/mol. The molecular weight excluding hydrogens is 306 g/mol. The van der Waals surface area contributed by atoms with Crippen molar-refractivity contribution in [3.63, 3.8) is 0 Å². The smallest absolute Gasteiger partial charge is 0.310 e. The zero-order valence-electron chi connectivity index (χ0n) is 14.9. The van der Waals surface area contributed by atoms with E-state index in [4.69, 9.17) is 9.47 Å². The number of aliphatic hydroxyl groups excluding tert-OH is 1. The number of ether oxygens (including phenoxy) is 2. The Morgan fingerprint density at radius 2 is 2.21 bits per heavy atom. The maximum atomic E-state index is 12.5. The van der Waals surface area contributed by atoms with Crippen LogP contribution in [0.3, 0.4) is 0 Å². The first-order valence-corrected chi connectivity index (χ1v) is 9.70. The van der Waals surface area contributed by atoms with E-state index in [9.17, 15) is 9.90 Å². The van der Waals surface area contributed by atoms with Gasteiger partial charge in [0.1, 0.15) is 6.10 Å². The summed E-state index contributed by atoms with van der Waals surface area (Å²) in [5.41, 5.74) is 0.369. The molecule has 5 nitrogen and oxygen atoms in total. The van der Waals surface area contributed by atoms with E-state index in [-0.39, 0.29) is 41.7 Å². The summed E-state index contributed by atoms with van der Waals surface area (Å²) in [5, 5.41) is 12.7. The van der Waals surface area contributed by atoms with Crippen LogP contribution < -0.4 is 5.32 Å². The molecule has 4 rings (SSSR count). The highest BCUT2D eigenvalue weighted by Crippen LogP contribution is 2.62. The second kappa shape index (κ2) is 5.96. The average Bonchev–Trinajstić information content (AvgIpc) is 3.25. The zero-order chi connectivity index (χ0) is 16.9. The van der Waals surface area contributed by atoms with Gasteiger partial charge in [-0.2, -0.15) is 0 Å². The molecule has 2 N–H and O–H groups in total. The van der Waals surface area contributed by atoms with Gasteiger partial charge in [0.05, 0.1) is 24.7 Å². The quantitative estimate of drug-likeness (QED) is 0.592. The molecular formula is C19H31NO4. The highest BCUT2D eigenvalue weighted by atomic mass is 16.6. The molecule has 2 aliphatic carbocycles. The van der Waals surface area contributed by atoms with Crippen LogP contribution in [-0.4, -0.2) is 48.6 Å². The molecule has 4 aliphatic rings. The van der Waals surface area contributed by atoms with Crippen molar-refractivity contribution in [2.24, 2.45) is 23.2 Å². The first kappa shape index (κ1) is 16.8. The summed E-state index contributed by atoms with van der Waals surface area (Å²) >= 11 is 0. The lowest BCUT2D eigenvalue weighted by Gasteiger charge is -2.51. The van der Waals surface area contributed by atoms with Crippen LogP contribution in [0.5, 0.6) is 0 Å². The third-order valence-corrected chi connectivity index (χ3v) is 7.42. The molecule has 2 saturated carbocycles. The summed E-state index contributed by atoms with van der Waals surface area (Å²) in [5.74, 6) is 0.756. The molecule has 4 fully saturated rings. The SMILES string of the molecule is CCC(CO)NCC1C(=O)OC2CC3(C)CCCC4(CO4)C3CC21. The largest absolute Gasteiger partial charge is 0.462 e. The van der Waals surface area contributed by atoms with Gasteiger partial charge in [0.2, 0.25) is 0 Å². The topological polar surface area (TPSA) is 71.1 Å². The molecule has 2 heterocycles. The maximum Gasteiger partial charge on any atom is 0.310 e. The molecule has 2 aliphatic heterocycles. The molecule has 0 aromatic carbocycles. The van der Waals surface area contributed by atoms with Gasteiger partial charge in [-0.25, -0.2) is 0 Å². The summed E-state index contributed by atoms with van der Waals surface area (Å²) < 4.78 is 11.7. The van der Waals surface area contributed by atoms with Crippen LogP contribution in [0.4, 0.5) is 0 Å². The van der Waals surface area contributed by atoms with Gasteiger partial charge in [0.25, 0.3) is 0 Å². The fourth-order valence-corrected chi connectivity index (χ4v) is 5.82. The zero-order valence-corrected chi connectivity index (χ0v) is 14.9. The minimum Gasteiger partial charge on any atom is -0.462 e. The van der Waals surface area contributed by atoms with Crippen LogP contribution in [0.1, 0.15) is 52.4 Å². The van der Waals surface area contributed by atoms with E-state index in [1.54, 1.807) is 0 Å². The van der Waals surface area contributed by atoms with E-state index in [1.807, 2.05) is 6.92 Å². The van der Waals surface area contributed by atoms with Crippen molar-refractivity contribution in [1.29, 1.82) is 0 Å². The molecule has 0 aromatic heterocycles. The van der Waals surface area contributed by atoms with Gasteiger partial charge in [-0.1, -0.05) is 13.8 Å². The highest BCUT2D eigenvalue weighted by Gasteiger charge is 2.64. The third-order valence-electron chi connectivity index (χ3n) is 7.42. The molecule has 1 spiro atoms. The normalized spacial score (nSPS) is 47.9. The summed E-state index contributed by atoms with van der Waals surface area (Å²) in [6, 6.07) is 0.0681. The first-order chi connectivity index (χ1) is 11.5. The number of esters is 1. The third kappa shape index (κ3) is 2.60. The number of nitrogens with one attached hydrogen (secondary N) is 1. The molecule has 24 heavy (non-hydrogen) atoms. The van der Waals surface area contributed by atoms with Crippen LogP contribution in [-0.2, 0) is 14.3 Å². The Hall–Kier alpha value is -0.650. The van der Waals surface area contributed by atoms with Gasteiger partial charge in [-0.15, -0.1) is 0 Å². The molecule has 7 atom stereocenters. The Kier molecular flexibility index (Phi) is 4.17. The fourth-order valence-electron chi connectivity index (χ4n) is 5.82. The minimum absolute atomic E-state index is 0.0432. The van der Waals surface area contributed by atoms with Crippen molar-refractivity contribution in [1.82, 2.24) is 5.32 Å². The van der Waals surface area contributed by atoms with Gasteiger partial charge < -0.3 is 19.9 Å². The summed E-state index contributed by atoms with van der Waals surface area (Å²) in [7, 11) is 0. The van der Waals surface area contributed by atoms with Crippen molar-refractivity contribution in [3.8, 4) is 0 Å². The van der Waals surface area contributed by atoms with E-state index >= 15 is 0 Å². The predicted octanol–water partition coefficient (Wildman–Crippen LogP) is 1.87. The molecule has 0 radical (unpaired) electrons. The van der Waals surface area contributed by atoms with Crippen molar-refractivity contribution < 1.29 is 19.4 Å². The summed E-state index contributed by atoms with van der Waals surface area (Å²) in [6.07, 6.45) is 6.64. The van der Waals surface area contributed by atoms with Gasteiger partial charge in [-0.05, 0) is 49.9 Å². The van der Waals surface area contributed by atoms with E-state index in [0.717, 1.165) is 25.9 Å². The van der Waals surface area contributed by atoms with Crippen LogP contribution >= 0.6 is 0 Å². The molecule has 2 saturated heterocycles. The number of hydrogen-bond acceptors (Lipinski definition) is 5. The van der Waals surface area contributed by atoms with Crippen LogP contribution in [0.15, 0.2) is 0 Å². The second-order valence-corrected chi connectivity index (χ2v) is 8.80. The van der Waals surface area contributed by atoms with Crippen LogP contribution in [0.25, 0.3) is 0 Å². The van der Waals surface area contributed by atoms with E-state index in [1.165, 1.54) is 19.3 Å². The summed E-state index contributed by atoms with van der Waals surface area (Å²) in [6.45, 7) is 6.08. The number of carbonyl (C=O) groups excluding carboxylic acids is 1. The second-order valence-electron chi connectivity index (χ2n) is 8.80. The Morgan fingerprint density at radius 3 is 2.88 bits per heavy atom. The molecule has 0 bridgehead atoms. The Balaban J connectivity index is 1.49. The van der Waals surface area contributed by atoms with E-state index in [0.29, 0.717) is 18.4 Å². The monoisotopic (exact) mass is 337 g/mol. The lowest BCUT2D eigenvalue weighted by Crippen LogP contribution is -2.51. The van der Waals surface area contributed by atoms with Gasteiger partial charge in [0, 0.05) is 18.5 Å². The average molecular weight is 337 g/mol. The summed E-state index contributed by atoms with van der Waals surface area (Å²) in [4.78, 5) is 12.5. The number of hydrogen-bond donors (Lipinski definition) is 2. The Labute approximate surface area is 144 Å². The minimum atomic E-state index is -0.0714. The van der Waals surface area contributed by atoms with Gasteiger partial charge in [-0.3, -0.25) is 4.79 Å². The molecule has 136 valence electrons. The Bertz CT molecular complexity index is 502. The number of aliphatic hydroxyl groups is 1. The van der Waals surface area contributed by atoms with Crippen molar-refractivity contribution in [2.75, 3.05) is 19.8 Å². The van der Waals surface area contributed by atoms with Gasteiger partial charge in [0.15, 0.2) is 0 Å². The lowest BCUT2D eigenvalue weighted by atomic mass is 9.53. The fraction of sp³-hybridized carbons (Fsp3) is 0.947. The highest BCUT2D eigenvalue weighted by molar-refractivity contribution is 5.75. The van der Waals surface area contributed by atoms with Gasteiger partial charge >= 0.3 is 5.97 Å². The van der Waals surface area contributed by atoms with Crippen molar-refractivity contribution >= 4 is 5.97 Å². The molecule has 7 unspecified atom stereocenters. The lowest BCUT2D eigenvalue weighted by molar-refractivity contribution is -0.147. The number of carbonyl (C=O) groups is 1. The molecule has 5 heteroatoms. The number of fused-ring (bicyclic) bond motifs is 3. The van der Waals surface area contributed by atoms with Crippen LogP contribution in [0, 0.1) is 23.2 Å². The number of rotatable bonds is 5. The molecule has 0 amide bonds.